The third kappa shape index (κ3) is 7.87. The smallest absolute Gasteiger partial charge is 0.157 e. The first-order valence-corrected chi connectivity index (χ1v) is 14.6. The van der Waals surface area contributed by atoms with Crippen molar-refractivity contribution in [2.45, 2.75) is 148 Å². The molecule has 0 heterocycles. The molecular weight excluding hydrogens is 421 g/mol. The molecule has 0 N–H and O–H groups in total. The summed E-state index contributed by atoms with van der Waals surface area (Å²) in [5.74, 6) is 1.18. The Morgan fingerprint density at radius 1 is 0.636 bits per heavy atom. The van der Waals surface area contributed by atoms with Crippen LogP contribution in [0.4, 0.5) is 13.2 Å². The number of ether oxygens (including phenoxy) is 1. The number of hydrogen-bond donors (Lipinski definition) is 0. The van der Waals surface area contributed by atoms with Crippen LogP contribution in [0, 0.1) is 29.6 Å². The van der Waals surface area contributed by atoms with Crippen molar-refractivity contribution in [3.8, 4) is 0 Å². The minimum atomic E-state index is -1.55. The van der Waals surface area contributed by atoms with E-state index in [2.05, 4.69) is 13.8 Å². The summed E-state index contributed by atoms with van der Waals surface area (Å²) >= 11 is 0. The second-order valence-corrected chi connectivity index (χ2v) is 11.6. The van der Waals surface area contributed by atoms with Crippen LogP contribution < -0.4 is 0 Å². The summed E-state index contributed by atoms with van der Waals surface area (Å²) in [5.41, 5.74) is 0. The molecule has 0 amide bonds. The number of unbranched alkanes of at least 4 members (excludes halogenated alkanes) is 5. The van der Waals surface area contributed by atoms with E-state index in [-0.39, 0.29) is 17.8 Å². The summed E-state index contributed by atoms with van der Waals surface area (Å²) in [5, 5.41) is 0. The first-order valence-electron chi connectivity index (χ1n) is 14.6. The van der Waals surface area contributed by atoms with Crippen LogP contribution >= 0.6 is 0 Å². The van der Waals surface area contributed by atoms with Crippen LogP contribution in [-0.2, 0) is 4.74 Å². The summed E-state index contributed by atoms with van der Waals surface area (Å²) in [6, 6.07) is 0. The van der Waals surface area contributed by atoms with Crippen LogP contribution in [0.2, 0.25) is 0 Å². The van der Waals surface area contributed by atoms with Crippen LogP contribution in [0.25, 0.3) is 0 Å². The van der Waals surface area contributed by atoms with Crippen LogP contribution in [0.3, 0.4) is 0 Å². The van der Waals surface area contributed by atoms with E-state index in [1.807, 2.05) is 0 Å². The summed E-state index contributed by atoms with van der Waals surface area (Å²) in [6.45, 7) is 4.94. The van der Waals surface area contributed by atoms with Gasteiger partial charge in [-0.25, -0.2) is 13.2 Å². The predicted octanol–water partition coefficient (Wildman–Crippen LogP) is 9.18. The minimum absolute atomic E-state index is 0.000358. The average Bonchev–Trinajstić information content (AvgIpc) is 2.82. The molecule has 4 heteroatoms. The van der Waals surface area contributed by atoms with Crippen LogP contribution in [-0.4, -0.2) is 31.2 Å². The maximum absolute atomic E-state index is 15.3. The van der Waals surface area contributed by atoms with Gasteiger partial charge in [0.15, 0.2) is 6.17 Å². The summed E-state index contributed by atoms with van der Waals surface area (Å²) in [6.07, 6.45) is 13.4. The zero-order valence-corrected chi connectivity index (χ0v) is 21.5. The molecule has 0 aromatic heterocycles. The average molecular weight is 473 g/mol. The zero-order valence-electron chi connectivity index (χ0n) is 21.5. The van der Waals surface area contributed by atoms with Gasteiger partial charge in [0.1, 0.15) is 12.3 Å². The highest BCUT2D eigenvalue weighted by molar-refractivity contribution is 4.96. The quantitative estimate of drug-likeness (QED) is 0.257. The number of hydrogen-bond acceptors (Lipinski definition) is 1. The van der Waals surface area contributed by atoms with Gasteiger partial charge in [-0.2, -0.15) is 0 Å². The van der Waals surface area contributed by atoms with Crippen molar-refractivity contribution >= 4 is 0 Å². The molecule has 3 saturated carbocycles. The van der Waals surface area contributed by atoms with Gasteiger partial charge in [-0.05, 0) is 81.0 Å². The largest absolute Gasteiger partial charge is 0.375 e. The van der Waals surface area contributed by atoms with E-state index in [9.17, 15) is 4.39 Å². The van der Waals surface area contributed by atoms with Gasteiger partial charge >= 0.3 is 0 Å². The normalized spacial score (nSPS) is 40.1. The van der Waals surface area contributed by atoms with E-state index in [4.69, 9.17) is 4.74 Å². The first kappa shape index (κ1) is 27.3. The van der Waals surface area contributed by atoms with Crippen molar-refractivity contribution in [3.63, 3.8) is 0 Å². The highest BCUT2D eigenvalue weighted by Gasteiger charge is 2.47. The molecule has 0 aromatic rings. The molecule has 3 rings (SSSR count). The molecule has 0 aliphatic heterocycles. The van der Waals surface area contributed by atoms with Crippen LogP contribution in [0.5, 0.6) is 0 Å². The van der Waals surface area contributed by atoms with Gasteiger partial charge in [0.05, 0.1) is 6.10 Å². The Labute approximate surface area is 202 Å². The Morgan fingerprint density at radius 3 is 2.00 bits per heavy atom. The molecule has 33 heavy (non-hydrogen) atoms. The zero-order chi connectivity index (χ0) is 23.6. The molecule has 0 saturated heterocycles. The second kappa shape index (κ2) is 14.3. The summed E-state index contributed by atoms with van der Waals surface area (Å²) in [4.78, 5) is 0. The number of alkyl halides is 3. The lowest BCUT2D eigenvalue weighted by Gasteiger charge is -2.44. The highest BCUT2D eigenvalue weighted by Crippen LogP contribution is 2.48. The van der Waals surface area contributed by atoms with Crippen molar-refractivity contribution < 1.29 is 17.9 Å². The van der Waals surface area contributed by atoms with Crippen LogP contribution in [0.1, 0.15) is 123 Å². The standard InChI is InChI=1S/C29H51F3O/c1-3-5-7-9-19-33-27-18-17-25(28(31)29(27)32)23-15-16-24(26(30)20-23)22-13-11-21(12-14-22)10-8-6-4-2/h21-29H,3-20H2,1-2H3. The van der Waals surface area contributed by atoms with Crippen molar-refractivity contribution in [2.24, 2.45) is 29.6 Å². The third-order valence-electron chi connectivity index (χ3n) is 9.36. The minimum Gasteiger partial charge on any atom is -0.375 e. The van der Waals surface area contributed by atoms with E-state index in [1.165, 1.54) is 51.4 Å². The van der Waals surface area contributed by atoms with E-state index < -0.39 is 24.6 Å². The van der Waals surface area contributed by atoms with E-state index in [0.717, 1.165) is 44.4 Å². The molecule has 7 atom stereocenters. The maximum Gasteiger partial charge on any atom is 0.157 e. The van der Waals surface area contributed by atoms with Crippen molar-refractivity contribution in [2.75, 3.05) is 6.61 Å². The molecule has 0 bridgehead atoms. The fraction of sp³-hybridized carbons (Fsp3) is 1.00. The Bertz CT molecular complexity index is 521. The van der Waals surface area contributed by atoms with E-state index in [0.29, 0.717) is 31.8 Å². The Balaban J connectivity index is 1.40. The van der Waals surface area contributed by atoms with Crippen molar-refractivity contribution in [1.29, 1.82) is 0 Å². The summed E-state index contributed by atoms with van der Waals surface area (Å²) in [7, 11) is 0. The van der Waals surface area contributed by atoms with Crippen molar-refractivity contribution in [3.05, 3.63) is 0 Å². The van der Waals surface area contributed by atoms with Gasteiger partial charge in [0, 0.05) is 6.61 Å². The lowest BCUT2D eigenvalue weighted by atomic mass is 9.64. The summed E-state index contributed by atoms with van der Waals surface area (Å²) < 4.78 is 50.9. The third-order valence-corrected chi connectivity index (χ3v) is 9.36. The van der Waals surface area contributed by atoms with Crippen LogP contribution in [0.15, 0.2) is 0 Å². The fourth-order valence-corrected chi connectivity index (χ4v) is 7.23. The van der Waals surface area contributed by atoms with Gasteiger partial charge in [-0.1, -0.05) is 71.6 Å². The Kier molecular flexibility index (Phi) is 11.9. The molecule has 1 nitrogen and oxygen atoms in total. The van der Waals surface area contributed by atoms with E-state index in [1.54, 1.807) is 0 Å². The fourth-order valence-electron chi connectivity index (χ4n) is 7.23. The molecule has 0 spiro atoms. The number of rotatable bonds is 12. The van der Waals surface area contributed by atoms with Gasteiger partial charge in [-0.15, -0.1) is 0 Å². The van der Waals surface area contributed by atoms with Gasteiger partial charge in [-0.3, -0.25) is 0 Å². The van der Waals surface area contributed by atoms with Gasteiger partial charge in [0.2, 0.25) is 0 Å². The van der Waals surface area contributed by atoms with Crippen molar-refractivity contribution in [1.82, 2.24) is 0 Å². The Hall–Kier alpha value is -0.250. The lowest BCUT2D eigenvalue weighted by molar-refractivity contribution is -0.0927. The molecule has 0 radical (unpaired) electrons. The number of halogens is 3. The molecule has 7 unspecified atom stereocenters. The Morgan fingerprint density at radius 2 is 1.30 bits per heavy atom. The van der Waals surface area contributed by atoms with E-state index >= 15 is 8.78 Å². The monoisotopic (exact) mass is 472 g/mol. The lowest BCUT2D eigenvalue weighted by Crippen LogP contribution is -2.47. The van der Waals surface area contributed by atoms with Gasteiger partial charge in [0.25, 0.3) is 0 Å². The SMILES string of the molecule is CCCCCCOC1CCC(C2CCC(C3CCC(CCCCC)CC3)C(F)C2)C(F)C1F. The molecule has 3 aliphatic rings. The molecule has 3 aliphatic carbocycles. The topological polar surface area (TPSA) is 9.23 Å². The molecule has 194 valence electrons. The second-order valence-electron chi connectivity index (χ2n) is 11.6. The highest BCUT2D eigenvalue weighted by atomic mass is 19.2. The molecule has 0 aromatic carbocycles. The maximum atomic E-state index is 15.3. The molecular formula is C29H51F3O. The predicted molar refractivity (Wildman–Crippen MR) is 132 cm³/mol. The van der Waals surface area contributed by atoms with Gasteiger partial charge < -0.3 is 4.74 Å². The molecule has 3 fully saturated rings. The first-order chi connectivity index (χ1) is 16.0.